The molecule has 6 nitrogen and oxygen atoms in total. The molecule has 2 aromatic rings. The first-order chi connectivity index (χ1) is 19.7. The number of aliphatic hydroxyl groups is 4. The van der Waals surface area contributed by atoms with Gasteiger partial charge >= 0.3 is 0 Å². The van der Waals surface area contributed by atoms with Crippen LogP contribution in [0.1, 0.15) is 119 Å². The van der Waals surface area contributed by atoms with Crippen molar-refractivity contribution in [2.24, 2.45) is 0 Å². The first kappa shape index (κ1) is 38.8. The van der Waals surface area contributed by atoms with Gasteiger partial charge in [-0.05, 0) is 59.8 Å². The summed E-state index contributed by atoms with van der Waals surface area (Å²) in [4.78, 5) is 2.20. The standard InChI is InChI=1S/C36H58O6S2/c1-32(2,3)23-15-21(16-24(29(23)40)33(4,5)6)43-36(13,14)44-22-17-25(34(7,8)9)31(26(18-22)35(10,11)12)42-20-28(39)30(41)27(38)19-37/h15-18,27-28,30,37-41H,19-20H2,1-14H3. The smallest absolute Gasteiger partial charge is 0.126 e. The highest BCUT2D eigenvalue weighted by atomic mass is 32.2. The number of benzene rings is 2. The molecule has 0 spiro atoms. The Hall–Kier alpha value is -1.42. The lowest BCUT2D eigenvalue weighted by Gasteiger charge is -2.33. The van der Waals surface area contributed by atoms with E-state index < -0.39 is 24.9 Å². The van der Waals surface area contributed by atoms with Gasteiger partial charge in [-0.1, -0.05) is 83.1 Å². The van der Waals surface area contributed by atoms with Crippen LogP contribution in [0.15, 0.2) is 34.1 Å². The number of phenols is 1. The molecule has 0 saturated heterocycles. The van der Waals surface area contributed by atoms with Crippen molar-refractivity contribution in [3.63, 3.8) is 0 Å². The molecule has 0 saturated carbocycles. The van der Waals surface area contributed by atoms with Gasteiger partial charge in [-0.15, -0.1) is 23.5 Å². The molecule has 0 aliphatic heterocycles. The lowest BCUT2D eigenvalue weighted by atomic mass is 9.79. The zero-order valence-corrected chi connectivity index (χ0v) is 31.0. The molecule has 8 heteroatoms. The number of hydrogen-bond donors (Lipinski definition) is 5. The van der Waals surface area contributed by atoms with Crippen LogP contribution in [0.5, 0.6) is 11.5 Å². The maximum atomic E-state index is 11.2. The second-order valence-corrected chi connectivity index (χ2v) is 20.1. The molecule has 0 bridgehead atoms. The van der Waals surface area contributed by atoms with E-state index in [1.165, 1.54) is 0 Å². The molecule has 2 aromatic carbocycles. The number of aromatic hydroxyl groups is 1. The summed E-state index contributed by atoms with van der Waals surface area (Å²) in [5.41, 5.74) is 2.83. The fraction of sp³-hybridized carbons (Fsp3) is 0.667. The quantitative estimate of drug-likeness (QED) is 0.132. The molecule has 5 N–H and O–H groups in total. The molecule has 0 aliphatic carbocycles. The summed E-state index contributed by atoms with van der Waals surface area (Å²) in [5, 5.41) is 50.9. The number of rotatable bonds is 10. The number of phenolic OH excluding ortho intramolecular Hbond substituents is 1. The third kappa shape index (κ3) is 10.0. The van der Waals surface area contributed by atoms with E-state index in [0.717, 1.165) is 32.0 Å². The van der Waals surface area contributed by atoms with Crippen molar-refractivity contribution in [3.05, 3.63) is 46.5 Å². The van der Waals surface area contributed by atoms with Gasteiger partial charge < -0.3 is 30.3 Å². The number of aliphatic hydroxyl groups excluding tert-OH is 4. The largest absolute Gasteiger partial charge is 0.507 e. The molecule has 0 fully saturated rings. The molecule has 3 unspecified atom stereocenters. The van der Waals surface area contributed by atoms with Crippen molar-refractivity contribution >= 4 is 23.5 Å². The zero-order valence-electron chi connectivity index (χ0n) is 29.4. The van der Waals surface area contributed by atoms with Crippen LogP contribution in [0.25, 0.3) is 0 Å². The molecule has 44 heavy (non-hydrogen) atoms. The van der Waals surface area contributed by atoms with E-state index in [0.29, 0.717) is 11.5 Å². The minimum Gasteiger partial charge on any atom is -0.507 e. The zero-order chi connectivity index (χ0) is 34.2. The van der Waals surface area contributed by atoms with E-state index in [9.17, 15) is 25.5 Å². The topological polar surface area (TPSA) is 110 Å². The fourth-order valence-corrected chi connectivity index (χ4v) is 7.55. The second-order valence-electron chi connectivity index (χ2n) is 16.4. The van der Waals surface area contributed by atoms with Gasteiger partial charge in [0.2, 0.25) is 0 Å². The Morgan fingerprint density at radius 2 is 0.932 bits per heavy atom. The van der Waals surface area contributed by atoms with Crippen LogP contribution in [0.4, 0.5) is 0 Å². The predicted molar refractivity (Wildman–Crippen MR) is 186 cm³/mol. The third-order valence-corrected chi connectivity index (χ3v) is 9.91. The van der Waals surface area contributed by atoms with Gasteiger partial charge in [-0.3, -0.25) is 0 Å². The van der Waals surface area contributed by atoms with E-state index in [2.05, 4.69) is 121 Å². The number of hydrogen-bond acceptors (Lipinski definition) is 8. The second kappa shape index (κ2) is 13.7. The van der Waals surface area contributed by atoms with E-state index in [4.69, 9.17) is 4.74 Å². The summed E-state index contributed by atoms with van der Waals surface area (Å²) in [6.07, 6.45) is -4.35. The van der Waals surface area contributed by atoms with E-state index in [-0.39, 0.29) is 32.3 Å². The van der Waals surface area contributed by atoms with Crippen molar-refractivity contribution in [1.29, 1.82) is 0 Å². The van der Waals surface area contributed by atoms with Crippen LogP contribution in [0.3, 0.4) is 0 Å². The van der Waals surface area contributed by atoms with Crippen LogP contribution in [0.2, 0.25) is 0 Å². The number of ether oxygens (including phenoxy) is 1. The van der Waals surface area contributed by atoms with E-state index in [1.54, 1.807) is 23.5 Å². The van der Waals surface area contributed by atoms with Crippen LogP contribution < -0.4 is 4.74 Å². The van der Waals surface area contributed by atoms with Crippen molar-refractivity contribution in [2.75, 3.05) is 13.2 Å². The Bertz CT molecular complexity index is 1210. The minimum atomic E-state index is -1.53. The lowest BCUT2D eigenvalue weighted by Crippen LogP contribution is -2.42. The third-order valence-electron chi connectivity index (χ3n) is 7.48. The molecule has 250 valence electrons. The van der Waals surface area contributed by atoms with Gasteiger partial charge in [0.05, 0.1) is 10.7 Å². The Morgan fingerprint density at radius 1 is 0.591 bits per heavy atom. The summed E-state index contributed by atoms with van der Waals surface area (Å²) in [6, 6.07) is 8.56. The average molecular weight is 651 g/mol. The fourth-order valence-electron chi connectivity index (χ4n) is 4.96. The van der Waals surface area contributed by atoms with Crippen LogP contribution >= 0.6 is 23.5 Å². The molecule has 0 aromatic heterocycles. The van der Waals surface area contributed by atoms with Crippen molar-refractivity contribution in [1.82, 2.24) is 0 Å². The predicted octanol–water partition coefficient (Wildman–Crippen LogP) is 7.66. The van der Waals surface area contributed by atoms with E-state index >= 15 is 0 Å². The summed E-state index contributed by atoms with van der Waals surface area (Å²) in [6.45, 7) is 29.0. The van der Waals surface area contributed by atoms with Gasteiger partial charge in [0, 0.05) is 32.0 Å². The first-order valence-electron chi connectivity index (χ1n) is 15.4. The molecule has 3 atom stereocenters. The average Bonchev–Trinajstić information content (AvgIpc) is 2.84. The normalized spacial score (nSPS) is 15.7. The maximum absolute atomic E-state index is 11.2. The van der Waals surface area contributed by atoms with Crippen LogP contribution in [-0.4, -0.2) is 61.1 Å². The monoisotopic (exact) mass is 650 g/mol. The molecular weight excluding hydrogens is 593 g/mol. The van der Waals surface area contributed by atoms with Gasteiger partial charge in [-0.2, -0.15) is 0 Å². The molecule has 2 rings (SSSR count). The first-order valence-corrected chi connectivity index (χ1v) is 17.0. The highest BCUT2D eigenvalue weighted by Crippen LogP contribution is 2.51. The van der Waals surface area contributed by atoms with Crippen molar-refractivity contribution < 1.29 is 30.3 Å². The Balaban J connectivity index is 2.58. The Labute approximate surface area is 275 Å². The van der Waals surface area contributed by atoms with Crippen molar-refractivity contribution in [2.45, 2.75) is 151 Å². The lowest BCUT2D eigenvalue weighted by molar-refractivity contribution is -0.0873. The molecule has 0 heterocycles. The maximum Gasteiger partial charge on any atom is 0.126 e. The highest BCUT2D eigenvalue weighted by Gasteiger charge is 2.33. The van der Waals surface area contributed by atoms with Gasteiger partial charge in [0.25, 0.3) is 0 Å². The molecule has 0 aliphatic rings. The minimum absolute atomic E-state index is 0.212. The van der Waals surface area contributed by atoms with Crippen molar-refractivity contribution in [3.8, 4) is 11.5 Å². The Kier molecular flexibility index (Phi) is 12.1. The summed E-state index contributed by atoms with van der Waals surface area (Å²) >= 11 is 3.55. The SMILES string of the molecule is CC(C)(Sc1cc(C(C)(C)C)c(O)c(C(C)(C)C)c1)Sc1cc(C(C)(C)C)c(OCC(O)C(O)C(O)CO)c(C(C)(C)C)c1. The van der Waals surface area contributed by atoms with E-state index in [1.807, 2.05) is 0 Å². The summed E-state index contributed by atoms with van der Waals surface area (Å²) in [7, 11) is 0. The molecule has 0 amide bonds. The van der Waals surface area contributed by atoms with Gasteiger partial charge in [-0.25, -0.2) is 0 Å². The number of thioether (sulfide) groups is 2. The highest BCUT2D eigenvalue weighted by molar-refractivity contribution is 8.18. The van der Waals surface area contributed by atoms with Gasteiger partial charge in [0.1, 0.15) is 36.4 Å². The molecular formula is C36H58O6S2. The van der Waals surface area contributed by atoms with Gasteiger partial charge in [0.15, 0.2) is 0 Å². The van der Waals surface area contributed by atoms with Crippen LogP contribution in [0, 0.1) is 0 Å². The molecule has 0 radical (unpaired) electrons. The summed E-state index contributed by atoms with van der Waals surface area (Å²) < 4.78 is 5.97. The van der Waals surface area contributed by atoms with Crippen LogP contribution in [-0.2, 0) is 21.7 Å². The summed E-state index contributed by atoms with van der Waals surface area (Å²) in [5.74, 6) is 1.04. The Morgan fingerprint density at radius 3 is 1.25 bits per heavy atom.